The zero-order chi connectivity index (χ0) is 16.9. The Morgan fingerprint density at radius 3 is 2.88 bits per heavy atom. The Morgan fingerprint density at radius 2 is 2.12 bits per heavy atom. The smallest absolute Gasteiger partial charge is 0.341 e. The van der Waals surface area contributed by atoms with Crippen molar-refractivity contribution < 1.29 is 14.3 Å². The molecule has 130 valence electrons. The van der Waals surface area contributed by atoms with Gasteiger partial charge in [0, 0.05) is 10.6 Å². The average molecular weight is 385 g/mol. The molecule has 0 bridgehead atoms. The van der Waals surface area contributed by atoms with Crippen LogP contribution in [0, 0.1) is 0 Å². The van der Waals surface area contributed by atoms with Crippen LogP contribution in [0.1, 0.15) is 40.1 Å². The molecule has 0 radical (unpaired) electrons. The van der Waals surface area contributed by atoms with Gasteiger partial charge in [-0.3, -0.25) is 9.79 Å². The van der Waals surface area contributed by atoms with Gasteiger partial charge in [0.2, 0.25) is 5.91 Å². The SMILES string of the molecule is COC(=O)c1c(NC(=O)CSC2=NCCS2)sc2c1CCCCC2. The Bertz CT molecular complexity index is 670. The molecule has 0 aromatic carbocycles. The van der Waals surface area contributed by atoms with Crippen molar-refractivity contribution in [1.29, 1.82) is 0 Å². The van der Waals surface area contributed by atoms with E-state index < -0.39 is 0 Å². The van der Waals surface area contributed by atoms with Crippen LogP contribution in [-0.4, -0.2) is 41.4 Å². The topological polar surface area (TPSA) is 67.8 Å². The molecule has 8 heteroatoms. The molecule has 1 amide bonds. The van der Waals surface area contributed by atoms with Crippen molar-refractivity contribution in [1.82, 2.24) is 0 Å². The second kappa shape index (κ2) is 8.40. The van der Waals surface area contributed by atoms with Crippen LogP contribution in [-0.2, 0) is 22.4 Å². The number of methoxy groups -OCH3 is 1. The fourth-order valence-corrected chi connectivity index (χ4v) is 5.94. The Hall–Kier alpha value is -0.990. The molecule has 1 N–H and O–H groups in total. The molecular weight excluding hydrogens is 364 g/mol. The lowest BCUT2D eigenvalue weighted by Gasteiger charge is -2.07. The molecule has 1 aliphatic carbocycles. The number of amides is 1. The van der Waals surface area contributed by atoms with Crippen molar-refractivity contribution >= 4 is 56.1 Å². The molecule has 0 saturated carbocycles. The number of aryl methyl sites for hydroxylation is 1. The van der Waals surface area contributed by atoms with Crippen LogP contribution < -0.4 is 5.32 Å². The molecule has 0 unspecified atom stereocenters. The minimum absolute atomic E-state index is 0.100. The average Bonchev–Trinajstić information content (AvgIpc) is 3.15. The molecule has 1 aromatic heterocycles. The van der Waals surface area contributed by atoms with Crippen molar-refractivity contribution in [2.45, 2.75) is 32.1 Å². The van der Waals surface area contributed by atoms with Gasteiger partial charge in [-0.25, -0.2) is 4.79 Å². The van der Waals surface area contributed by atoms with Gasteiger partial charge in [-0.2, -0.15) is 0 Å². The first-order chi connectivity index (χ1) is 11.7. The summed E-state index contributed by atoms with van der Waals surface area (Å²) in [5.74, 6) is 0.855. The summed E-state index contributed by atoms with van der Waals surface area (Å²) < 4.78 is 5.93. The van der Waals surface area contributed by atoms with Crippen LogP contribution in [0.25, 0.3) is 0 Å². The molecule has 2 aliphatic rings. The van der Waals surface area contributed by atoms with E-state index in [1.54, 1.807) is 11.8 Å². The zero-order valence-electron chi connectivity index (χ0n) is 13.6. The van der Waals surface area contributed by atoms with E-state index in [0.29, 0.717) is 16.3 Å². The quantitative estimate of drug-likeness (QED) is 0.635. The highest BCUT2D eigenvalue weighted by atomic mass is 32.2. The van der Waals surface area contributed by atoms with Gasteiger partial charge in [-0.15, -0.1) is 11.3 Å². The van der Waals surface area contributed by atoms with Crippen molar-refractivity contribution in [2.24, 2.45) is 4.99 Å². The van der Waals surface area contributed by atoms with E-state index in [1.807, 2.05) is 0 Å². The first-order valence-corrected chi connectivity index (χ1v) is 10.8. The highest BCUT2D eigenvalue weighted by molar-refractivity contribution is 8.39. The van der Waals surface area contributed by atoms with Crippen LogP contribution in [0.3, 0.4) is 0 Å². The maximum atomic E-state index is 12.3. The van der Waals surface area contributed by atoms with Gasteiger partial charge in [-0.05, 0) is 31.2 Å². The molecule has 0 fully saturated rings. The molecule has 24 heavy (non-hydrogen) atoms. The number of esters is 1. The maximum absolute atomic E-state index is 12.3. The van der Waals surface area contributed by atoms with Crippen molar-refractivity contribution in [3.8, 4) is 0 Å². The van der Waals surface area contributed by atoms with Gasteiger partial charge in [0.25, 0.3) is 0 Å². The van der Waals surface area contributed by atoms with Gasteiger partial charge < -0.3 is 10.1 Å². The maximum Gasteiger partial charge on any atom is 0.341 e. The molecular formula is C16H20N2O3S3. The first kappa shape index (κ1) is 17.8. The Morgan fingerprint density at radius 1 is 1.29 bits per heavy atom. The lowest BCUT2D eigenvalue weighted by molar-refractivity contribution is -0.113. The van der Waals surface area contributed by atoms with Crippen molar-refractivity contribution in [3.05, 3.63) is 16.0 Å². The number of carbonyl (C=O) groups excluding carboxylic acids is 2. The summed E-state index contributed by atoms with van der Waals surface area (Å²) in [6.07, 6.45) is 5.25. The number of ether oxygens (including phenoxy) is 1. The zero-order valence-corrected chi connectivity index (χ0v) is 16.0. The fourth-order valence-electron chi connectivity index (χ4n) is 2.84. The molecule has 2 heterocycles. The molecule has 0 spiro atoms. The van der Waals surface area contributed by atoms with Crippen molar-refractivity contribution in [2.75, 3.05) is 30.5 Å². The van der Waals surface area contributed by atoms with Gasteiger partial charge in [0.15, 0.2) is 0 Å². The highest BCUT2D eigenvalue weighted by Gasteiger charge is 2.26. The molecule has 1 aromatic rings. The standard InChI is InChI=1S/C16H20N2O3S3/c1-21-15(20)13-10-5-3-2-4-6-11(10)24-14(13)18-12(19)9-23-16-17-7-8-22-16/h2-9H2,1H3,(H,18,19). The third-order valence-corrected chi connectivity index (χ3v) is 7.41. The molecule has 5 nitrogen and oxygen atoms in total. The number of thiophene rings is 1. The largest absolute Gasteiger partial charge is 0.465 e. The molecule has 3 rings (SSSR count). The number of carbonyl (C=O) groups is 2. The predicted octanol–water partition coefficient (Wildman–Crippen LogP) is 3.58. The van der Waals surface area contributed by atoms with Gasteiger partial charge in [-0.1, -0.05) is 29.9 Å². The number of hydrogen-bond acceptors (Lipinski definition) is 7. The van der Waals surface area contributed by atoms with E-state index in [4.69, 9.17) is 4.74 Å². The summed E-state index contributed by atoms with van der Waals surface area (Å²) in [6.45, 7) is 0.832. The number of nitrogens with one attached hydrogen (secondary N) is 1. The van der Waals surface area contributed by atoms with Crippen LogP contribution in [0.15, 0.2) is 4.99 Å². The van der Waals surface area contributed by atoms with E-state index >= 15 is 0 Å². The number of hydrogen-bond donors (Lipinski definition) is 1. The van der Waals surface area contributed by atoms with Crippen molar-refractivity contribution in [3.63, 3.8) is 0 Å². The third kappa shape index (κ3) is 4.15. The summed E-state index contributed by atoms with van der Waals surface area (Å²) in [7, 11) is 1.39. The van der Waals surface area contributed by atoms with E-state index in [0.717, 1.165) is 47.9 Å². The van der Waals surface area contributed by atoms with Crippen LogP contribution in [0.2, 0.25) is 0 Å². The van der Waals surface area contributed by atoms with E-state index in [2.05, 4.69) is 10.3 Å². The normalized spacial score (nSPS) is 17.0. The number of thioether (sulfide) groups is 2. The highest BCUT2D eigenvalue weighted by Crippen LogP contribution is 2.38. The second-order valence-electron chi connectivity index (χ2n) is 5.59. The van der Waals surface area contributed by atoms with E-state index in [1.165, 1.54) is 41.5 Å². The summed E-state index contributed by atoms with van der Waals surface area (Å²) in [6, 6.07) is 0. The summed E-state index contributed by atoms with van der Waals surface area (Å²) >= 11 is 4.68. The number of anilines is 1. The number of nitrogens with zero attached hydrogens (tertiary/aromatic N) is 1. The minimum atomic E-state index is -0.354. The van der Waals surface area contributed by atoms with Gasteiger partial charge in [0.1, 0.15) is 9.38 Å². The Labute approximate surface area is 154 Å². The fraction of sp³-hybridized carbons (Fsp3) is 0.562. The molecule has 0 saturated heterocycles. The van der Waals surface area contributed by atoms with Crippen LogP contribution >= 0.6 is 34.9 Å². The minimum Gasteiger partial charge on any atom is -0.465 e. The van der Waals surface area contributed by atoms with E-state index in [9.17, 15) is 9.59 Å². The third-order valence-electron chi connectivity index (χ3n) is 3.95. The molecule has 1 aliphatic heterocycles. The Kier molecular flexibility index (Phi) is 6.24. The number of rotatable bonds is 4. The lowest BCUT2D eigenvalue weighted by Crippen LogP contribution is -2.16. The van der Waals surface area contributed by atoms with Crippen LogP contribution in [0.5, 0.6) is 0 Å². The Balaban J connectivity index is 1.74. The molecule has 0 atom stereocenters. The van der Waals surface area contributed by atoms with Crippen LogP contribution in [0.4, 0.5) is 5.00 Å². The van der Waals surface area contributed by atoms with E-state index in [-0.39, 0.29) is 11.9 Å². The predicted molar refractivity (Wildman–Crippen MR) is 103 cm³/mol. The number of fused-ring (bicyclic) bond motifs is 1. The van der Waals surface area contributed by atoms with Gasteiger partial charge in [0.05, 0.1) is 25.0 Å². The summed E-state index contributed by atoms with van der Waals surface area (Å²) in [5, 5.41) is 3.56. The lowest BCUT2D eigenvalue weighted by atomic mass is 10.1. The first-order valence-electron chi connectivity index (χ1n) is 8.01. The monoisotopic (exact) mass is 384 g/mol. The number of aliphatic imine (C=N–C) groups is 1. The summed E-state index contributed by atoms with van der Waals surface area (Å²) in [4.78, 5) is 30.0. The van der Waals surface area contributed by atoms with Gasteiger partial charge >= 0.3 is 5.97 Å². The second-order valence-corrected chi connectivity index (χ2v) is 9.00. The summed E-state index contributed by atoms with van der Waals surface area (Å²) in [5.41, 5.74) is 1.63.